The minimum Gasteiger partial charge on any atom is -0.325 e. The van der Waals surface area contributed by atoms with Crippen LogP contribution >= 0.6 is 15.9 Å². The molecule has 0 unspecified atom stereocenters. The van der Waals surface area contributed by atoms with Gasteiger partial charge in [0.05, 0.1) is 13.1 Å². The number of rotatable bonds is 1. The van der Waals surface area contributed by atoms with Gasteiger partial charge in [0.15, 0.2) is 0 Å². The fraction of sp³-hybridized carbons (Fsp3) is 0.333. The Kier molecular flexibility index (Phi) is 2.46. The zero-order valence-electron chi connectivity index (χ0n) is 7.58. The summed E-state index contributed by atoms with van der Waals surface area (Å²) < 4.78 is 25.6. The van der Waals surface area contributed by atoms with E-state index in [-0.39, 0.29) is 5.69 Å². The Morgan fingerprint density at radius 1 is 1.53 bits per heavy atom. The third kappa shape index (κ3) is 1.99. The van der Waals surface area contributed by atoms with E-state index in [4.69, 9.17) is 0 Å². The first kappa shape index (κ1) is 10.5. The van der Waals surface area contributed by atoms with Crippen LogP contribution in [0.4, 0.5) is 8.78 Å². The molecule has 0 aromatic carbocycles. The molecule has 1 aromatic rings. The van der Waals surface area contributed by atoms with Crippen LogP contribution in [0.5, 0.6) is 0 Å². The molecule has 0 N–H and O–H groups in total. The number of alkyl halides is 2. The summed E-state index contributed by atoms with van der Waals surface area (Å²) in [4.78, 5) is 16.6. The fourth-order valence-corrected chi connectivity index (χ4v) is 1.77. The Labute approximate surface area is 93.2 Å². The van der Waals surface area contributed by atoms with E-state index in [0.717, 1.165) is 4.90 Å². The van der Waals surface area contributed by atoms with Gasteiger partial charge in [0.2, 0.25) is 0 Å². The highest BCUT2D eigenvalue weighted by molar-refractivity contribution is 9.10. The number of carbonyl (C=O) groups excluding carboxylic acids is 1. The molecule has 80 valence electrons. The van der Waals surface area contributed by atoms with Crippen molar-refractivity contribution in [1.82, 2.24) is 9.88 Å². The molecule has 1 saturated heterocycles. The van der Waals surface area contributed by atoms with Crippen LogP contribution in [0.25, 0.3) is 0 Å². The summed E-state index contributed by atoms with van der Waals surface area (Å²) in [5.74, 6) is -3.20. The molecule has 0 atom stereocenters. The van der Waals surface area contributed by atoms with Gasteiger partial charge in [-0.2, -0.15) is 0 Å². The Hall–Kier alpha value is -1.04. The molecule has 2 heterocycles. The minimum atomic E-state index is -2.74. The third-order valence-corrected chi connectivity index (χ3v) is 2.73. The lowest BCUT2D eigenvalue weighted by Gasteiger charge is -2.38. The number of nitrogens with zero attached hydrogens (tertiary/aromatic N) is 2. The Balaban J connectivity index is 2.14. The van der Waals surface area contributed by atoms with Crippen LogP contribution in [-0.4, -0.2) is 34.8 Å². The molecule has 15 heavy (non-hydrogen) atoms. The molecular formula is C9H7BrF2N2O. The van der Waals surface area contributed by atoms with Crippen molar-refractivity contribution < 1.29 is 13.6 Å². The maximum Gasteiger partial charge on any atom is 0.282 e. The monoisotopic (exact) mass is 276 g/mol. The van der Waals surface area contributed by atoms with Gasteiger partial charge in [-0.25, -0.2) is 13.8 Å². The Morgan fingerprint density at radius 3 is 2.73 bits per heavy atom. The molecule has 0 saturated carbocycles. The second kappa shape index (κ2) is 3.52. The van der Waals surface area contributed by atoms with Crippen LogP contribution in [-0.2, 0) is 0 Å². The maximum absolute atomic E-state index is 12.5. The van der Waals surface area contributed by atoms with E-state index in [9.17, 15) is 13.6 Å². The first-order valence-electron chi connectivity index (χ1n) is 4.27. The van der Waals surface area contributed by atoms with Gasteiger partial charge in [-0.1, -0.05) is 0 Å². The molecule has 1 aliphatic heterocycles. The molecule has 1 aliphatic rings. The van der Waals surface area contributed by atoms with Crippen molar-refractivity contribution in [2.45, 2.75) is 5.92 Å². The highest BCUT2D eigenvalue weighted by Crippen LogP contribution is 2.28. The molecule has 0 spiro atoms. The second-order valence-electron chi connectivity index (χ2n) is 3.35. The lowest BCUT2D eigenvalue weighted by atomic mass is 10.1. The number of amides is 1. The van der Waals surface area contributed by atoms with E-state index >= 15 is 0 Å². The van der Waals surface area contributed by atoms with Crippen LogP contribution < -0.4 is 0 Å². The topological polar surface area (TPSA) is 33.2 Å². The average Bonchev–Trinajstić information content (AvgIpc) is 2.14. The summed E-state index contributed by atoms with van der Waals surface area (Å²) >= 11 is 3.15. The quantitative estimate of drug-likeness (QED) is 0.786. The fourth-order valence-electron chi connectivity index (χ4n) is 1.35. The Bertz CT molecular complexity index is 403. The number of hydrogen-bond donors (Lipinski definition) is 0. The van der Waals surface area contributed by atoms with Gasteiger partial charge in [-0.15, -0.1) is 0 Å². The van der Waals surface area contributed by atoms with E-state index in [1.807, 2.05) is 0 Å². The van der Waals surface area contributed by atoms with Gasteiger partial charge < -0.3 is 4.90 Å². The van der Waals surface area contributed by atoms with Crippen LogP contribution in [0.3, 0.4) is 0 Å². The zero-order chi connectivity index (χ0) is 11.1. The van der Waals surface area contributed by atoms with E-state index in [1.54, 1.807) is 12.1 Å². The number of carbonyl (C=O) groups is 1. The summed E-state index contributed by atoms with van der Waals surface area (Å²) in [5.41, 5.74) is 0.174. The largest absolute Gasteiger partial charge is 0.325 e. The van der Waals surface area contributed by atoms with E-state index in [1.165, 1.54) is 6.20 Å². The Morgan fingerprint density at radius 2 is 2.20 bits per heavy atom. The van der Waals surface area contributed by atoms with E-state index < -0.39 is 24.9 Å². The minimum absolute atomic E-state index is 0.174. The number of aromatic nitrogens is 1. The average molecular weight is 277 g/mol. The van der Waals surface area contributed by atoms with Crippen molar-refractivity contribution >= 4 is 21.8 Å². The SMILES string of the molecule is O=C(c1ncccc1Br)N1CC(F)(F)C1. The van der Waals surface area contributed by atoms with Gasteiger partial charge in [0.25, 0.3) is 11.8 Å². The highest BCUT2D eigenvalue weighted by atomic mass is 79.9. The number of pyridine rings is 1. The van der Waals surface area contributed by atoms with Crippen molar-refractivity contribution in [1.29, 1.82) is 0 Å². The second-order valence-corrected chi connectivity index (χ2v) is 4.21. The van der Waals surface area contributed by atoms with E-state index in [0.29, 0.717) is 4.47 Å². The van der Waals surface area contributed by atoms with Gasteiger partial charge in [-0.05, 0) is 28.1 Å². The molecule has 3 nitrogen and oxygen atoms in total. The van der Waals surface area contributed by atoms with Crippen molar-refractivity contribution in [2.75, 3.05) is 13.1 Å². The van der Waals surface area contributed by atoms with Crippen LogP contribution in [0.2, 0.25) is 0 Å². The van der Waals surface area contributed by atoms with Gasteiger partial charge in [0.1, 0.15) is 5.69 Å². The molecule has 1 fully saturated rings. The lowest BCUT2D eigenvalue weighted by molar-refractivity contribution is -0.113. The summed E-state index contributed by atoms with van der Waals surface area (Å²) in [5, 5.41) is 0. The molecule has 1 aromatic heterocycles. The van der Waals surface area contributed by atoms with Crippen molar-refractivity contribution in [2.24, 2.45) is 0 Å². The van der Waals surface area contributed by atoms with Crippen LogP contribution in [0.1, 0.15) is 10.5 Å². The number of hydrogen-bond acceptors (Lipinski definition) is 2. The van der Waals surface area contributed by atoms with Crippen LogP contribution in [0.15, 0.2) is 22.8 Å². The van der Waals surface area contributed by atoms with Gasteiger partial charge >= 0.3 is 0 Å². The maximum atomic E-state index is 12.5. The predicted molar refractivity (Wildman–Crippen MR) is 52.8 cm³/mol. The molecular weight excluding hydrogens is 270 g/mol. The van der Waals surface area contributed by atoms with Crippen molar-refractivity contribution in [3.8, 4) is 0 Å². The summed E-state index contributed by atoms with van der Waals surface area (Å²) in [6, 6.07) is 3.31. The van der Waals surface area contributed by atoms with E-state index in [2.05, 4.69) is 20.9 Å². The first-order chi connectivity index (χ1) is 6.99. The molecule has 2 rings (SSSR count). The normalized spacial score (nSPS) is 18.5. The first-order valence-corrected chi connectivity index (χ1v) is 5.06. The highest BCUT2D eigenvalue weighted by Gasteiger charge is 2.46. The smallest absolute Gasteiger partial charge is 0.282 e. The number of likely N-dealkylation sites (tertiary alicyclic amines) is 1. The molecule has 0 radical (unpaired) electrons. The van der Waals surface area contributed by atoms with Crippen LogP contribution in [0, 0.1) is 0 Å². The number of halogens is 3. The van der Waals surface area contributed by atoms with Gasteiger partial charge in [0, 0.05) is 10.7 Å². The van der Waals surface area contributed by atoms with Crippen molar-refractivity contribution in [3.05, 3.63) is 28.5 Å². The summed E-state index contributed by atoms with van der Waals surface area (Å²) in [6.45, 7) is -1.04. The zero-order valence-corrected chi connectivity index (χ0v) is 9.17. The third-order valence-electron chi connectivity index (χ3n) is 2.09. The predicted octanol–water partition coefficient (Wildman–Crippen LogP) is 1.94. The molecule has 0 aliphatic carbocycles. The van der Waals surface area contributed by atoms with Crippen molar-refractivity contribution in [3.63, 3.8) is 0 Å². The summed E-state index contributed by atoms with van der Waals surface area (Å²) in [6.07, 6.45) is 1.45. The lowest BCUT2D eigenvalue weighted by Crippen LogP contribution is -2.58. The summed E-state index contributed by atoms with van der Waals surface area (Å²) in [7, 11) is 0. The molecule has 6 heteroatoms. The molecule has 0 bridgehead atoms. The van der Waals surface area contributed by atoms with Gasteiger partial charge in [-0.3, -0.25) is 4.79 Å². The molecule has 1 amide bonds. The standard InChI is InChI=1S/C9H7BrF2N2O/c10-6-2-1-3-13-7(6)8(15)14-4-9(11,12)5-14/h1-3H,4-5H2.